The van der Waals surface area contributed by atoms with Gasteiger partial charge in [0, 0.05) is 31.7 Å². The van der Waals surface area contributed by atoms with E-state index in [9.17, 15) is 18.0 Å². The van der Waals surface area contributed by atoms with Crippen LogP contribution in [-0.4, -0.2) is 49.7 Å². The van der Waals surface area contributed by atoms with Crippen LogP contribution in [0.25, 0.3) is 11.1 Å². The molecule has 0 aromatic heterocycles. The summed E-state index contributed by atoms with van der Waals surface area (Å²) in [4.78, 5) is 15.1. The van der Waals surface area contributed by atoms with Crippen molar-refractivity contribution >= 4 is 5.91 Å². The molecule has 0 bridgehead atoms. The number of rotatable bonds is 6. The van der Waals surface area contributed by atoms with E-state index in [2.05, 4.69) is 24.1 Å². The number of ether oxygens (including phenoxy) is 1. The highest BCUT2D eigenvalue weighted by atomic mass is 19.4. The first-order valence-corrected chi connectivity index (χ1v) is 10.1. The van der Waals surface area contributed by atoms with Gasteiger partial charge in [-0.25, -0.2) is 0 Å². The number of alkyl halides is 3. The molecule has 1 atom stereocenters. The summed E-state index contributed by atoms with van der Waals surface area (Å²) in [7, 11) is 0. The SMILES string of the molecule is CC(C)CN1CCO[C@H](CNC(=O)c2ccccc2-c2ccc(C(F)(F)F)cc2)C1. The highest BCUT2D eigenvalue weighted by Crippen LogP contribution is 2.31. The molecule has 2 aromatic rings. The zero-order chi connectivity index (χ0) is 21.7. The number of halogens is 3. The Morgan fingerprint density at radius 2 is 1.87 bits per heavy atom. The van der Waals surface area contributed by atoms with Gasteiger partial charge in [0.05, 0.1) is 18.3 Å². The Balaban J connectivity index is 1.67. The van der Waals surface area contributed by atoms with E-state index in [1.807, 2.05) is 0 Å². The lowest BCUT2D eigenvalue weighted by Crippen LogP contribution is -2.48. The van der Waals surface area contributed by atoms with Crippen LogP contribution in [-0.2, 0) is 10.9 Å². The van der Waals surface area contributed by atoms with Crippen LogP contribution in [0.3, 0.4) is 0 Å². The summed E-state index contributed by atoms with van der Waals surface area (Å²) in [5.74, 6) is 0.295. The predicted molar refractivity (Wildman–Crippen MR) is 110 cm³/mol. The van der Waals surface area contributed by atoms with Crippen molar-refractivity contribution in [2.75, 3.05) is 32.8 Å². The lowest BCUT2D eigenvalue weighted by molar-refractivity contribution is -0.137. The van der Waals surface area contributed by atoms with Gasteiger partial charge in [0.2, 0.25) is 0 Å². The van der Waals surface area contributed by atoms with E-state index in [0.717, 1.165) is 31.8 Å². The number of hydrogen-bond donors (Lipinski definition) is 1. The summed E-state index contributed by atoms with van der Waals surface area (Å²) >= 11 is 0. The van der Waals surface area contributed by atoms with Crippen LogP contribution in [0.5, 0.6) is 0 Å². The summed E-state index contributed by atoms with van der Waals surface area (Å²) in [5.41, 5.74) is 0.862. The highest BCUT2D eigenvalue weighted by Gasteiger charge is 2.30. The average Bonchev–Trinajstić information content (AvgIpc) is 2.71. The number of amides is 1. The van der Waals surface area contributed by atoms with Crippen LogP contribution in [0.4, 0.5) is 13.2 Å². The van der Waals surface area contributed by atoms with E-state index in [0.29, 0.717) is 35.8 Å². The van der Waals surface area contributed by atoms with Gasteiger partial charge >= 0.3 is 6.18 Å². The number of carbonyl (C=O) groups excluding carboxylic acids is 1. The van der Waals surface area contributed by atoms with E-state index in [-0.39, 0.29) is 12.0 Å². The number of morpholine rings is 1. The standard InChI is InChI=1S/C23H27F3N2O2/c1-16(2)14-28-11-12-30-19(15-28)13-27-22(29)21-6-4-3-5-20(21)17-7-9-18(10-8-17)23(24,25)26/h3-10,16,19H,11-15H2,1-2H3,(H,27,29)/t19-/m1/s1. The fourth-order valence-corrected chi connectivity index (χ4v) is 3.66. The summed E-state index contributed by atoms with van der Waals surface area (Å²) < 4.78 is 44.2. The molecule has 7 heteroatoms. The molecule has 2 aromatic carbocycles. The topological polar surface area (TPSA) is 41.6 Å². The molecule has 30 heavy (non-hydrogen) atoms. The van der Waals surface area contributed by atoms with Crippen molar-refractivity contribution in [1.82, 2.24) is 10.2 Å². The van der Waals surface area contributed by atoms with Gasteiger partial charge in [0.15, 0.2) is 0 Å². The normalized spacial score (nSPS) is 17.9. The summed E-state index contributed by atoms with van der Waals surface area (Å²) in [6.07, 6.45) is -4.47. The third-order valence-corrected chi connectivity index (χ3v) is 5.03. The Kier molecular flexibility index (Phi) is 7.15. The number of hydrogen-bond acceptors (Lipinski definition) is 3. The predicted octanol–water partition coefficient (Wildman–Crippen LogP) is 4.46. The lowest BCUT2D eigenvalue weighted by Gasteiger charge is -2.34. The molecule has 1 N–H and O–H groups in total. The van der Waals surface area contributed by atoms with E-state index in [4.69, 9.17) is 4.74 Å². The van der Waals surface area contributed by atoms with Gasteiger partial charge in [-0.1, -0.05) is 44.2 Å². The Morgan fingerprint density at radius 3 is 2.53 bits per heavy atom. The molecule has 1 saturated heterocycles. The zero-order valence-corrected chi connectivity index (χ0v) is 17.2. The van der Waals surface area contributed by atoms with Crippen LogP contribution < -0.4 is 5.32 Å². The fourth-order valence-electron chi connectivity index (χ4n) is 3.66. The summed E-state index contributed by atoms with van der Waals surface area (Å²) in [6, 6.07) is 11.8. The van der Waals surface area contributed by atoms with Crippen molar-refractivity contribution in [3.63, 3.8) is 0 Å². The smallest absolute Gasteiger partial charge is 0.374 e. The maximum absolute atomic E-state index is 12.8. The first-order chi connectivity index (χ1) is 14.2. The Bertz CT molecular complexity index is 850. The Morgan fingerprint density at radius 1 is 1.17 bits per heavy atom. The van der Waals surface area contributed by atoms with Crippen molar-refractivity contribution in [3.05, 3.63) is 59.7 Å². The molecule has 0 unspecified atom stereocenters. The Hall–Kier alpha value is -2.38. The number of nitrogens with one attached hydrogen (secondary N) is 1. The van der Waals surface area contributed by atoms with Crippen LogP contribution in [0.15, 0.2) is 48.5 Å². The van der Waals surface area contributed by atoms with Crippen molar-refractivity contribution in [2.24, 2.45) is 5.92 Å². The summed E-state index contributed by atoms with van der Waals surface area (Å²) in [6.45, 7) is 8.00. The molecule has 1 fully saturated rings. The molecule has 0 radical (unpaired) electrons. The molecule has 1 amide bonds. The quantitative estimate of drug-likeness (QED) is 0.750. The minimum absolute atomic E-state index is 0.0836. The minimum atomic E-state index is -4.39. The van der Waals surface area contributed by atoms with Crippen molar-refractivity contribution in [1.29, 1.82) is 0 Å². The second-order valence-corrected chi connectivity index (χ2v) is 7.98. The van der Waals surface area contributed by atoms with Gasteiger partial charge in [0.25, 0.3) is 5.91 Å². The second-order valence-electron chi connectivity index (χ2n) is 7.98. The molecule has 0 saturated carbocycles. The molecule has 162 valence electrons. The van der Waals surface area contributed by atoms with Gasteiger partial charge in [-0.2, -0.15) is 13.2 Å². The highest BCUT2D eigenvalue weighted by molar-refractivity contribution is 6.00. The van der Waals surface area contributed by atoms with E-state index >= 15 is 0 Å². The van der Waals surface area contributed by atoms with Gasteiger partial charge < -0.3 is 10.1 Å². The van der Waals surface area contributed by atoms with Crippen LogP contribution in [0.2, 0.25) is 0 Å². The van der Waals surface area contributed by atoms with E-state index < -0.39 is 11.7 Å². The van der Waals surface area contributed by atoms with E-state index in [1.54, 1.807) is 24.3 Å². The average molecular weight is 420 g/mol. The molecule has 1 aliphatic rings. The molecule has 1 heterocycles. The van der Waals surface area contributed by atoms with Crippen LogP contribution >= 0.6 is 0 Å². The molecule has 0 spiro atoms. The van der Waals surface area contributed by atoms with Gasteiger partial charge in [-0.15, -0.1) is 0 Å². The minimum Gasteiger partial charge on any atom is -0.374 e. The first kappa shape index (κ1) is 22.3. The van der Waals surface area contributed by atoms with Crippen molar-refractivity contribution in [3.8, 4) is 11.1 Å². The van der Waals surface area contributed by atoms with Gasteiger partial charge in [-0.05, 0) is 35.2 Å². The molecule has 0 aliphatic carbocycles. The third kappa shape index (κ3) is 5.83. The van der Waals surface area contributed by atoms with Crippen LogP contribution in [0, 0.1) is 5.92 Å². The molecular formula is C23H27F3N2O2. The number of benzene rings is 2. The van der Waals surface area contributed by atoms with E-state index in [1.165, 1.54) is 12.1 Å². The molecule has 1 aliphatic heterocycles. The van der Waals surface area contributed by atoms with Crippen molar-refractivity contribution < 1.29 is 22.7 Å². The Labute approximate surface area is 175 Å². The largest absolute Gasteiger partial charge is 0.416 e. The molecule has 4 nitrogen and oxygen atoms in total. The first-order valence-electron chi connectivity index (χ1n) is 10.1. The van der Waals surface area contributed by atoms with Gasteiger partial charge in [-0.3, -0.25) is 9.69 Å². The fraction of sp³-hybridized carbons (Fsp3) is 0.435. The molecular weight excluding hydrogens is 393 g/mol. The van der Waals surface area contributed by atoms with Crippen LogP contribution in [0.1, 0.15) is 29.8 Å². The number of nitrogens with zero attached hydrogens (tertiary/aromatic N) is 1. The summed E-state index contributed by atoms with van der Waals surface area (Å²) in [5, 5.41) is 2.92. The second kappa shape index (κ2) is 9.62. The van der Waals surface area contributed by atoms with Gasteiger partial charge in [0.1, 0.15) is 0 Å². The maximum atomic E-state index is 12.8. The monoisotopic (exact) mass is 420 g/mol. The maximum Gasteiger partial charge on any atom is 0.416 e. The third-order valence-electron chi connectivity index (χ3n) is 5.03. The molecule has 3 rings (SSSR count). The van der Waals surface area contributed by atoms with Crippen molar-refractivity contribution in [2.45, 2.75) is 26.1 Å². The lowest BCUT2D eigenvalue weighted by atomic mass is 9.98. The number of carbonyl (C=O) groups is 1. The zero-order valence-electron chi connectivity index (χ0n) is 17.2.